The molecule has 1 atom stereocenters. The molecule has 5 nitrogen and oxygen atoms in total. The fraction of sp³-hybridized carbons (Fsp3) is 0.300. The van der Waals surface area contributed by atoms with Crippen LogP contribution >= 0.6 is 23.2 Å². The summed E-state index contributed by atoms with van der Waals surface area (Å²) in [5.41, 5.74) is 2.71. The Kier molecular flexibility index (Phi) is 7.51. The number of anilines is 1. The molecule has 0 aliphatic carbocycles. The van der Waals surface area contributed by atoms with Crippen LogP contribution in [0.15, 0.2) is 36.4 Å². The van der Waals surface area contributed by atoms with Gasteiger partial charge in [0.25, 0.3) is 5.91 Å². The van der Waals surface area contributed by atoms with Gasteiger partial charge >= 0.3 is 5.97 Å². The van der Waals surface area contributed by atoms with Crippen molar-refractivity contribution in [2.75, 3.05) is 11.9 Å². The van der Waals surface area contributed by atoms with Gasteiger partial charge in [0.1, 0.15) is 5.75 Å². The highest BCUT2D eigenvalue weighted by Crippen LogP contribution is 2.28. The number of halogens is 2. The number of ether oxygens (including phenoxy) is 2. The molecule has 0 spiro atoms. The van der Waals surface area contributed by atoms with Crippen LogP contribution in [0, 0.1) is 6.92 Å². The minimum Gasteiger partial charge on any atom is -0.477 e. The molecule has 0 saturated heterocycles. The molecule has 0 aromatic heterocycles. The second-order valence-corrected chi connectivity index (χ2v) is 6.80. The van der Waals surface area contributed by atoms with Gasteiger partial charge < -0.3 is 14.8 Å². The summed E-state index contributed by atoms with van der Waals surface area (Å²) in [4.78, 5) is 24.2. The first-order chi connectivity index (χ1) is 12.8. The minimum atomic E-state index is -0.930. The third kappa shape index (κ3) is 5.88. The van der Waals surface area contributed by atoms with Gasteiger partial charge in [0, 0.05) is 10.7 Å². The lowest BCUT2D eigenvalue weighted by atomic mass is 10.1. The van der Waals surface area contributed by atoms with Crippen LogP contribution in [0.3, 0.4) is 0 Å². The maximum atomic E-state index is 12.1. The highest BCUT2D eigenvalue weighted by Gasteiger charge is 2.19. The number of nitrogens with one attached hydrogen (secondary N) is 1. The molecule has 2 rings (SSSR count). The number of esters is 1. The quantitative estimate of drug-likeness (QED) is 0.666. The number of para-hydroxylation sites is 1. The summed E-state index contributed by atoms with van der Waals surface area (Å²) in [5, 5.41) is 3.54. The summed E-state index contributed by atoms with van der Waals surface area (Å²) in [7, 11) is 0. The first-order valence-electron chi connectivity index (χ1n) is 8.48. The van der Waals surface area contributed by atoms with Crippen molar-refractivity contribution < 1.29 is 19.1 Å². The van der Waals surface area contributed by atoms with E-state index in [2.05, 4.69) is 5.32 Å². The number of aryl methyl sites for hydroxylation is 2. The van der Waals surface area contributed by atoms with Crippen LogP contribution in [-0.4, -0.2) is 24.6 Å². The molecular weight excluding hydrogens is 389 g/mol. The Morgan fingerprint density at radius 3 is 2.59 bits per heavy atom. The van der Waals surface area contributed by atoms with Crippen LogP contribution in [-0.2, 0) is 20.7 Å². The zero-order chi connectivity index (χ0) is 20.0. The van der Waals surface area contributed by atoms with Crippen molar-refractivity contribution in [3.63, 3.8) is 0 Å². The Balaban J connectivity index is 1.90. The van der Waals surface area contributed by atoms with Crippen LogP contribution in [0.25, 0.3) is 0 Å². The molecule has 27 heavy (non-hydrogen) atoms. The molecule has 7 heteroatoms. The molecule has 1 N–H and O–H groups in total. The molecule has 1 amide bonds. The molecule has 0 unspecified atom stereocenters. The lowest BCUT2D eigenvalue weighted by molar-refractivity contribution is -0.153. The second kappa shape index (κ2) is 9.62. The molecule has 0 radical (unpaired) electrons. The standard InChI is InChI=1S/C20H21Cl2NO4/c1-4-14-7-5-6-12(2)19(14)23-18(24)11-26-20(25)13(3)27-17-9-8-15(21)10-16(17)22/h5-10,13H,4,11H2,1-3H3,(H,23,24)/t13-/m1/s1. The Morgan fingerprint density at radius 2 is 1.93 bits per heavy atom. The largest absolute Gasteiger partial charge is 0.477 e. The average Bonchev–Trinajstić information content (AvgIpc) is 2.63. The van der Waals surface area contributed by atoms with E-state index in [-0.39, 0.29) is 5.02 Å². The number of hydrogen-bond acceptors (Lipinski definition) is 4. The van der Waals surface area contributed by atoms with E-state index in [0.29, 0.717) is 10.8 Å². The van der Waals surface area contributed by atoms with Gasteiger partial charge in [0.05, 0.1) is 5.02 Å². The van der Waals surface area contributed by atoms with Crippen molar-refractivity contribution in [2.45, 2.75) is 33.3 Å². The molecule has 0 aliphatic rings. The lowest BCUT2D eigenvalue weighted by Crippen LogP contribution is -2.30. The Morgan fingerprint density at radius 1 is 1.19 bits per heavy atom. The van der Waals surface area contributed by atoms with Crippen molar-refractivity contribution in [1.29, 1.82) is 0 Å². The predicted molar refractivity (Wildman–Crippen MR) is 107 cm³/mol. The zero-order valence-corrected chi connectivity index (χ0v) is 16.9. The van der Waals surface area contributed by atoms with E-state index in [1.165, 1.54) is 13.0 Å². The van der Waals surface area contributed by atoms with Crippen LogP contribution < -0.4 is 10.1 Å². The summed E-state index contributed by atoms with van der Waals surface area (Å²) in [6.45, 7) is 5.03. The van der Waals surface area contributed by atoms with Crippen molar-refractivity contribution in [3.05, 3.63) is 57.6 Å². The third-order valence-corrected chi connectivity index (χ3v) is 4.41. The van der Waals surface area contributed by atoms with E-state index in [0.717, 1.165) is 23.2 Å². The summed E-state index contributed by atoms with van der Waals surface area (Å²) >= 11 is 11.8. The fourth-order valence-corrected chi connectivity index (χ4v) is 2.89. The van der Waals surface area contributed by atoms with Crippen LogP contribution in [0.1, 0.15) is 25.0 Å². The van der Waals surface area contributed by atoms with Crippen LogP contribution in [0.2, 0.25) is 10.0 Å². The fourth-order valence-electron chi connectivity index (χ4n) is 2.44. The molecule has 0 heterocycles. The van der Waals surface area contributed by atoms with Gasteiger partial charge in [-0.15, -0.1) is 0 Å². The van der Waals surface area contributed by atoms with E-state index in [1.807, 2.05) is 32.0 Å². The van der Waals surface area contributed by atoms with Gasteiger partial charge in [0.2, 0.25) is 0 Å². The van der Waals surface area contributed by atoms with E-state index in [9.17, 15) is 9.59 Å². The number of amides is 1. The van der Waals surface area contributed by atoms with Gasteiger partial charge in [-0.1, -0.05) is 48.3 Å². The average molecular weight is 410 g/mol. The molecule has 0 bridgehead atoms. The first-order valence-corrected chi connectivity index (χ1v) is 9.24. The van der Waals surface area contributed by atoms with Gasteiger partial charge in [-0.05, 0) is 49.6 Å². The van der Waals surface area contributed by atoms with Gasteiger partial charge in [-0.25, -0.2) is 4.79 Å². The smallest absolute Gasteiger partial charge is 0.347 e. The Labute approximate surface area is 168 Å². The molecule has 0 fully saturated rings. The SMILES string of the molecule is CCc1cccc(C)c1NC(=O)COC(=O)[C@@H](C)Oc1ccc(Cl)cc1Cl. The first kappa shape index (κ1) is 21.1. The van der Waals surface area contributed by atoms with Gasteiger partial charge in [0.15, 0.2) is 12.7 Å². The minimum absolute atomic E-state index is 0.284. The monoisotopic (exact) mass is 409 g/mol. The highest BCUT2D eigenvalue weighted by molar-refractivity contribution is 6.35. The Hall–Kier alpha value is -2.24. The normalized spacial score (nSPS) is 11.6. The predicted octanol–water partition coefficient (Wildman–Crippen LogP) is 4.81. The van der Waals surface area contributed by atoms with Gasteiger partial charge in [-0.2, -0.15) is 0 Å². The van der Waals surface area contributed by atoms with Crippen molar-refractivity contribution >= 4 is 40.8 Å². The van der Waals surface area contributed by atoms with Crippen molar-refractivity contribution in [1.82, 2.24) is 0 Å². The van der Waals surface area contributed by atoms with E-state index >= 15 is 0 Å². The zero-order valence-electron chi connectivity index (χ0n) is 15.3. The Bertz CT molecular complexity index is 839. The molecule has 0 aliphatic heterocycles. The topological polar surface area (TPSA) is 64.6 Å². The molecule has 2 aromatic rings. The molecule has 144 valence electrons. The lowest BCUT2D eigenvalue weighted by Gasteiger charge is -2.16. The summed E-state index contributed by atoms with van der Waals surface area (Å²) < 4.78 is 10.5. The molecular formula is C20H21Cl2NO4. The van der Waals surface area contributed by atoms with Crippen LogP contribution in [0.5, 0.6) is 5.75 Å². The highest BCUT2D eigenvalue weighted by atomic mass is 35.5. The number of carbonyl (C=O) groups excluding carboxylic acids is 2. The van der Waals surface area contributed by atoms with E-state index in [4.69, 9.17) is 32.7 Å². The third-order valence-electron chi connectivity index (χ3n) is 3.88. The van der Waals surface area contributed by atoms with E-state index in [1.54, 1.807) is 12.1 Å². The maximum Gasteiger partial charge on any atom is 0.347 e. The summed E-state index contributed by atoms with van der Waals surface area (Å²) in [5.74, 6) is -0.775. The molecule has 2 aromatic carbocycles. The van der Waals surface area contributed by atoms with Crippen molar-refractivity contribution in [3.8, 4) is 5.75 Å². The van der Waals surface area contributed by atoms with Gasteiger partial charge in [-0.3, -0.25) is 4.79 Å². The maximum absolute atomic E-state index is 12.1. The second-order valence-electron chi connectivity index (χ2n) is 5.95. The summed E-state index contributed by atoms with van der Waals surface area (Å²) in [6, 6.07) is 10.5. The summed E-state index contributed by atoms with van der Waals surface area (Å²) in [6.07, 6.45) is -0.148. The van der Waals surface area contributed by atoms with Crippen LogP contribution in [0.4, 0.5) is 5.69 Å². The molecule has 0 saturated carbocycles. The van der Waals surface area contributed by atoms with Crippen molar-refractivity contribution in [2.24, 2.45) is 0 Å². The van der Waals surface area contributed by atoms with E-state index < -0.39 is 24.6 Å². The number of benzene rings is 2. The number of hydrogen-bond donors (Lipinski definition) is 1. The number of carbonyl (C=O) groups is 2. The number of rotatable bonds is 7.